The largest absolute Gasteiger partial charge is 0.301 e. The van der Waals surface area contributed by atoms with Crippen molar-refractivity contribution in [3.05, 3.63) is 45.9 Å². The summed E-state index contributed by atoms with van der Waals surface area (Å²) < 4.78 is 0. The van der Waals surface area contributed by atoms with Gasteiger partial charge in [0.05, 0.1) is 11.6 Å². The molecule has 1 aromatic heterocycles. The summed E-state index contributed by atoms with van der Waals surface area (Å²) in [5.74, 6) is -0.0506. The van der Waals surface area contributed by atoms with Crippen molar-refractivity contribution >= 4 is 34.0 Å². The van der Waals surface area contributed by atoms with Crippen molar-refractivity contribution in [2.24, 2.45) is 5.92 Å². The number of nitrogens with one attached hydrogen (secondary N) is 1. The molecular formula is C15H17ClN2OS. The van der Waals surface area contributed by atoms with Crippen LogP contribution < -0.4 is 5.32 Å². The molecule has 0 aliphatic rings. The third-order valence-electron chi connectivity index (χ3n) is 3.03. The molecular weight excluding hydrogens is 292 g/mol. The Hall–Kier alpha value is -1.39. The van der Waals surface area contributed by atoms with Crippen molar-refractivity contribution in [1.29, 1.82) is 0 Å². The van der Waals surface area contributed by atoms with Gasteiger partial charge in [-0.2, -0.15) is 0 Å². The average molecular weight is 309 g/mol. The molecule has 0 saturated carbocycles. The van der Waals surface area contributed by atoms with Crippen LogP contribution in [-0.4, -0.2) is 10.9 Å². The minimum absolute atomic E-state index is 0.0309. The summed E-state index contributed by atoms with van der Waals surface area (Å²) >= 11 is 7.34. The Morgan fingerprint density at radius 2 is 1.95 bits per heavy atom. The van der Waals surface area contributed by atoms with Crippen molar-refractivity contribution in [1.82, 2.24) is 4.98 Å². The van der Waals surface area contributed by atoms with Crippen LogP contribution in [0.3, 0.4) is 0 Å². The Bertz CT molecular complexity index is 592. The molecule has 1 atom stereocenters. The first-order chi connectivity index (χ1) is 9.47. The van der Waals surface area contributed by atoms with Gasteiger partial charge in [0, 0.05) is 10.4 Å². The van der Waals surface area contributed by atoms with Crippen LogP contribution in [0.2, 0.25) is 5.02 Å². The molecule has 0 saturated heterocycles. The fourth-order valence-corrected chi connectivity index (χ4v) is 2.92. The van der Waals surface area contributed by atoms with Crippen molar-refractivity contribution < 1.29 is 4.79 Å². The van der Waals surface area contributed by atoms with Crippen LogP contribution in [0.15, 0.2) is 29.6 Å². The molecule has 20 heavy (non-hydrogen) atoms. The van der Waals surface area contributed by atoms with Crippen LogP contribution in [0.4, 0.5) is 5.13 Å². The number of thiazole rings is 1. The highest BCUT2D eigenvalue weighted by Gasteiger charge is 2.24. The minimum Gasteiger partial charge on any atom is -0.301 e. The molecule has 0 radical (unpaired) electrons. The van der Waals surface area contributed by atoms with Gasteiger partial charge in [-0.05, 0) is 30.5 Å². The smallest absolute Gasteiger partial charge is 0.233 e. The molecule has 1 heterocycles. The van der Waals surface area contributed by atoms with Crippen LogP contribution in [0, 0.1) is 12.8 Å². The van der Waals surface area contributed by atoms with Crippen LogP contribution >= 0.6 is 22.9 Å². The fourth-order valence-electron chi connectivity index (χ4n) is 2.10. The molecule has 0 spiro atoms. The number of carbonyl (C=O) groups is 1. The predicted molar refractivity (Wildman–Crippen MR) is 84.5 cm³/mol. The van der Waals surface area contributed by atoms with Gasteiger partial charge in [0.1, 0.15) is 0 Å². The van der Waals surface area contributed by atoms with E-state index in [0.29, 0.717) is 10.2 Å². The van der Waals surface area contributed by atoms with Crippen molar-refractivity contribution in [3.63, 3.8) is 0 Å². The maximum atomic E-state index is 12.5. The lowest BCUT2D eigenvalue weighted by molar-refractivity contribution is -0.118. The molecule has 0 bridgehead atoms. The summed E-state index contributed by atoms with van der Waals surface area (Å²) in [4.78, 5) is 16.7. The zero-order chi connectivity index (χ0) is 14.7. The first-order valence-electron chi connectivity index (χ1n) is 6.46. The highest BCUT2D eigenvalue weighted by atomic mass is 35.5. The van der Waals surface area contributed by atoms with E-state index >= 15 is 0 Å². The summed E-state index contributed by atoms with van der Waals surface area (Å²) in [6.45, 7) is 5.98. The fraction of sp³-hybridized carbons (Fsp3) is 0.333. The predicted octanol–water partition coefficient (Wildman–Crippen LogP) is 4.48. The number of anilines is 1. The van der Waals surface area contributed by atoms with E-state index in [1.807, 2.05) is 50.4 Å². The first kappa shape index (κ1) is 15.0. The molecule has 1 N–H and O–H groups in total. The number of hydrogen-bond donors (Lipinski definition) is 1. The number of aryl methyl sites for hydroxylation is 1. The van der Waals surface area contributed by atoms with Crippen LogP contribution in [-0.2, 0) is 4.79 Å². The molecule has 0 aliphatic carbocycles. The number of rotatable bonds is 4. The van der Waals surface area contributed by atoms with E-state index in [-0.39, 0.29) is 17.7 Å². The molecule has 2 rings (SSSR count). The molecule has 1 aromatic carbocycles. The zero-order valence-corrected chi connectivity index (χ0v) is 13.3. The molecule has 3 nitrogen and oxygen atoms in total. The van der Waals surface area contributed by atoms with Gasteiger partial charge in [-0.3, -0.25) is 4.79 Å². The van der Waals surface area contributed by atoms with Crippen LogP contribution in [0.1, 0.15) is 31.0 Å². The maximum Gasteiger partial charge on any atom is 0.233 e. The Morgan fingerprint density at radius 3 is 2.45 bits per heavy atom. The molecule has 2 aromatic rings. The van der Waals surface area contributed by atoms with E-state index < -0.39 is 0 Å². The second-order valence-electron chi connectivity index (χ2n) is 5.06. The number of aromatic nitrogens is 1. The number of hydrogen-bond acceptors (Lipinski definition) is 3. The molecule has 0 fully saturated rings. The second kappa shape index (κ2) is 6.37. The van der Waals surface area contributed by atoms with Crippen LogP contribution in [0.5, 0.6) is 0 Å². The van der Waals surface area contributed by atoms with E-state index in [2.05, 4.69) is 10.3 Å². The van der Waals surface area contributed by atoms with Crippen molar-refractivity contribution in [2.45, 2.75) is 26.7 Å². The van der Waals surface area contributed by atoms with Gasteiger partial charge in [0.15, 0.2) is 5.13 Å². The Labute approximate surface area is 128 Å². The highest BCUT2D eigenvalue weighted by Crippen LogP contribution is 2.28. The van der Waals surface area contributed by atoms with Crippen molar-refractivity contribution in [3.8, 4) is 0 Å². The lowest BCUT2D eigenvalue weighted by Gasteiger charge is -2.20. The molecule has 106 valence electrons. The van der Waals surface area contributed by atoms with Gasteiger partial charge in [-0.25, -0.2) is 4.98 Å². The second-order valence-corrected chi connectivity index (χ2v) is 6.35. The number of nitrogens with zero attached hydrogens (tertiary/aromatic N) is 1. The number of halogens is 1. The number of carbonyl (C=O) groups excluding carboxylic acids is 1. The van der Waals surface area contributed by atoms with Gasteiger partial charge in [-0.1, -0.05) is 37.6 Å². The average Bonchev–Trinajstić information content (AvgIpc) is 2.77. The SMILES string of the molecule is Cc1csc(NC(=O)C(c2ccc(Cl)cc2)C(C)C)n1. The topological polar surface area (TPSA) is 42.0 Å². The molecule has 1 unspecified atom stereocenters. The van der Waals surface area contributed by atoms with E-state index in [4.69, 9.17) is 11.6 Å². The van der Waals surface area contributed by atoms with Gasteiger partial charge in [0.2, 0.25) is 5.91 Å². The first-order valence-corrected chi connectivity index (χ1v) is 7.71. The lowest BCUT2D eigenvalue weighted by Crippen LogP contribution is -2.25. The molecule has 1 amide bonds. The Morgan fingerprint density at radius 1 is 1.30 bits per heavy atom. The van der Waals surface area contributed by atoms with E-state index in [1.54, 1.807) is 0 Å². The summed E-state index contributed by atoms with van der Waals surface area (Å²) in [5, 5.41) is 6.13. The summed E-state index contributed by atoms with van der Waals surface area (Å²) in [5.41, 5.74) is 1.88. The normalized spacial score (nSPS) is 12.4. The monoisotopic (exact) mass is 308 g/mol. The minimum atomic E-state index is -0.212. The van der Waals surface area contributed by atoms with Crippen LogP contribution in [0.25, 0.3) is 0 Å². The zero-order valence-electron chi connectivity index (χ0n) is 11.7. The standard InChI is InChI=1S/C15H17ClN2OS/c1-9(2)13(11-4-6-12(16)7-5-11)14(19)18-15-17-10(3)8-20-15/h4-9,13H,1-3H3,(H,17,18,19). The van der Waals surface area contributed by atoms with E-state index in [9.17, 15) is 4.79 Å². The molecule has 5 heteroatoms. The summed E-state index contributed by atoms with van der Waals surface area (Å²) in [6, 6.07) is 7.43. The Balaban J connectivity index is 2.20. The maximum absolute atomic E-state index is 12.5. The number of benzene rings is 1. The number of amides is 1. The quantitative estimate of drug-likeness (QED) is 0.904. The summed E-state index contributed by atoms with van der Waals surface area (Å²) in [7, 11) is 0. The van der Waals surface area contributed by atoms with Gasteiger partial charge < -0.3 is 5.32 Å². The highest BCUT2D eigenvalue weighted by molar-refractivity contribution is 7.13. The molecule has 0 aliphatic heterocycles. The summed E-state index contributed by atoms with van der Waals surface area (Å²) in [6.07, 6.45) is 0. The van der Waals surface area contributed by atoms with Gasteiger partial charge in [0.25, 0.3) is 0 Å². The van der Waals surface area contributed by atoms with E-state index in [0.717, 1.165) is 11.3 Å². The third-order valence-corrected chi connectivity index (χ3v) is 4.15. The lowest BCUT2D eigenvalue weighted by atomic mass is 9.88. The van der Waals surface area contributed by atoms with Crippen molar-refractivity contribution in [2.75, 3.05) is 5.32 Å². The van der Waals surface area contributed by atoms with Gasteiger partial charge in [-0.15, -0.1) is 11.3 Å². The third kappa shape index (κ3) is 3.58. The van der Waals surface area contributed by atoms with Gasteiger partial charge >= 0.3 is 0 Å². The van der Waals surface area contributed by atoms with E-state index in [1.165, 1.54) is 11.3 Å². The Kier molecular flexibility index (Phi) is 4.78.